The van der Waals surface area contributed by atoms with E-state index in [0.717, 1.165) is 4.90 Å². The van der Waals surface area contributed by atoms with Gasteiger partial charge in [-0.2, -0.15) is 0 Å². The Balaban J connectivity index is 0.000000236. The molecule has 0 aliphatic rings. The fraction of sp³-hybridized carbons (Fsp3) is 0. The Morgan fingerprint density at radius 1 is 1.10 bits per heavy atom. The average molecular weight is 190 g/mol. The van der Waals surface area contributed by atoms with Crippen LogP contribution < -0.4 is 0 Å². The number of rotatable bonds is 0. The molecule has 2 nitrogen and oxygen atoms in total. The summed E-state index contributed by atoms with van der Waals surface area (Å²) in [6, 6.07) is 9.79. The Morgan fingerprint density at radius 2 is 1.50 bits per heavy atom. The molecule has 0 aliphatic heterocycles. The van der Waals surface area contributed by atoms with Crippen LogP contribution in [0.5, 0.6) is 0 Å². The molecule has 0 aromatic heterocycles. The molecular formula is C6H6O2STi. The van der Waals surface area contributed by atoms with Crippen LogP contribution in [-0.2, 0) is 25.7 Å². The maximum absolute atomic E-state index is 8.50. The molecule has 0 fully saturated rings. The van der Waals surface area contributed by atoms with Crippen LogP contribution in [0.15, 0.2) is 35.2 Å². The van der Waals surface area contributed by atoms with Crippen LogP contribution in [-0.4, -0.2) is 0 Å². The van der Waals surface area contributed by atoms with Crippen LogP contribution in [0.1, 0.15) is 0 Å². The third-order valence-electron chi connectivity index (χ3n) is 0.756. The van der Waals surface area contributed by atoms with E-state index in [-0.39, 0.29) is 0 Å². The normalized spacial score (nSPS) is 6.90. The fourth-order valence-corrected chi connectivity index (χ4v) is 0.600. The van der Waals surface area contributed by atoms with Gasteiger partial charge in [0, 0.05) is 4.90 Å². The van der Waals surface area contributed by atoms with Crippen molar-refractivity contribution in [3.63, 3.8) is 0 Å². The molecule has 0 N–H and O–H groups in total. The molecule has 0 atom stereocenters. The Morgan fingerprint density at radius 3 is 1.70 bits per heavy atom. The summed E-state index contributed by atoms with van der Waals surface area (Å²) in [4.78, 5) is 1.02. The van der Waals surface area contributed by atoms with Crippen molar-refractivity contribution in [2.45, 2.75) is 4.90 Å². The SMILES string of the molecule is Sc1ccccc1.[O]=[Ti]=[O]. The first-order valence-corrected chi connectivity index (χ1v) is 4.26. The van der Waals surface area contributed by atoms with Crippen molar-refractivity contribution in [3.8, 4) is 0 Å². The third kappa shape index (κ3) is 6.01. The summed E-state index contributed by atoms with van der Waals surface area (Å²) in [5, 5.41) is 0. The van der Waals surface area contributed by atoms with Gasteiger partial charge in [0.25, 0.3) is 0 Å². The second-order valence-electron chi connectivity index (χ2n) is 1.42. The second-order valence-corrected chi connectivity index (χ2v) is 2.20. The summed E-state index contributed by atoms with van der Waals surface area (Å²) in [6.45, 7) is 0. The van der Waals surface area contributed by atoms with E-state index in [0.29, 0.717) is 0 Å². The molecule has 1 aromatic carbocycles. The van der Waals surface area contributed by atoms with Gasteiger partial charge < -0.3 is 0 Å². The van der Waals surface area contributed by atoms with Gasteiger partial charge in [0.1, 0.15) is 0 Å². The zero-order chi connectivity index (χ0) is 7.82. The zero-order valence-electron chi connectivity index (χ0n) is 5.15. The number of hydrogen-bond donors (Lipinski definition) is 1. The van der Waals surface area contributed by atoms with Crippen LogP contribution in [0.4, 0.5) is 0 Å². The van der Waals surface area contributed by atoms with E-state index in [4.69, 9.17) is 6.65 Å². The molecule has 10 heavy (non-hydrogen) atoms. The molecule has 0 radical (unpaired) electrons. The number of benzene rings is 1. The van der Waals surface area contributed by atoms with E-state index in [9.17, 15) is 0 Å². The molecule has 1 rings (SSSR count). The van der Waals surface area contributed by atoms with Crippen molar-refractivity contribution in [2.75, 3.05) is 0 Å². The fourth-order valence-electron chi connectivity index (χ4n) is 0.428. The van der Waals surface area contributed by atoms with Crippen molar-refractivity contribution in [1.82, 2.24) is 0 Å². The molecule has 4 heteroatoms. The van der Waals surface area contributed by atoms with Crippen LogP contribution in [0.3, 0.4) is 0 Å². The van der Waals surface area contributed by atoms with E-state index < -0.39 is 19.1 Å². The van der Waals surface area contributed by atoms with Crippen molar-refractivity contribution in [1.29, 1.82) is 0 Å². The van der Waals surface area contributed by atoms with Crippen LogP contribution in [0.25, 0.3) is 0 Å². The first kappa shape index (κ1) is 9.88. The number of hydrogen-bond acceptors (Lipinski definition) is 3. The molecule has 1 aromatic rings. The van der Waals surface area contributed by atoms with Crippen molar-refractivity contribution in [3.05, 3.63) is 30.3 Å². The summed E-state index contributed by atoms with van der Waals surface area (Å²) in [6.07, 6.45) is 0. The zero-order valence-corrected chi connectivity index (χ0v) is 7.61. The predicted molar refractivity (Wildman–Crippen MR) is 35.1 cm³/mol. The predicted octanol–water partition coefficient (Wildman–Crippen LogP) is 1.74. The molecule has 0 saturated carbocycles. The van der Waals surface area contributed by atoms with E-state index in [1.54, 1.807) is 0 Å². The van der Waals surface area contributed by atoms with Crippen LogP contribution in [0, 0.1) is 0 Å². The maximum atomic E-state index is 8.50. The summed E-state index contributed by atoms with van der Waals surface area (Å²) >= 11 is 2.08. The molecular weight excluding hydrogens is 184 g/mol. The molecule has 0 aliphatic carbocycles. The minimum absolute atomic E-state index is 1.02. The van der Waals surface area contributed by atoms with Gasteiger partial charge in [-0.25, -0.2) is 0 Å². The first-order chi connectivity index (χ1) is 4.81. The molecule has 0 unspecified atom stereocenters. The van der Waals surface area contributed by atoms with Crippen LogP contribution >= 0.6 is 12.6 Å². The molecule has 0 bridgehead atoms. The Bertz CT molecular complexity index is 206. The standard InChI is InChI=1S/C6H6S.2O.Ti/c7-6-4-2-1-3-5-6;;;/h1-5,7H;;;. The van der Waals surface area contributed by atoms with Gasteiger partial charge >= 0.3 is 25.7 Å². The molecule has 0 spiro atoms. The van der Waals surface area contributed by atoms with E-state index in [2.05, 4.69) is 12.6 Å². The summed E-state index contributed by atoms with van der Waals surface area (Å²) in [7, 11) is 0. The van der Waals surface area contributed by atoms with E-state index in [1.165, 1.54) is 0 Å². The van der Waals surface area contributed by atoms with Gasteiger partial charge in [0.15, 0.2) is 0 Å². The van der Waals surface area contributed by atoms with Gasteiger partial charge in [-0.05, 0) is 12.1 Å². The Labute approximate surface area is 73.6 Å². The van der Waals surface area contributed by atoms with Gasteiger partial charge in [-0.3, -0.25) is 0 Å². The third-order valence-corrected chi connectivity index (χ3v) is 1.05. The van der Waals surface area contributed by atoms with Crippen molar-refractivity contribution < 1.29 is 25.7 Å². The molecule has 0 amide bonds. The quantitative estimate of drug-likeness (QED) is 0.499. The Kier molecular flexibility index (Phi) is 6.92. The molecule has 0 saturated heterocycles. The summed E-state index contributed by atoms with van der Waals surface area (Å²) in [5.74, 6) is 0. The summed E-state index contributed by atoms with van der Waals surface area (Å²) < 4.78 is 17.0. The Hall–Kier alpha value is -0.116. The first-order valence-electron chi connectivity index (χ1n) is 2.54. The van der Waals surface area contributed by atoms with Gasteiger partial charge in [0.05, 0.1) is 0 Å². The second kappa shape index (κ2) is 7.00. The molecule has 52 valence electrons. The van der Waals surface area contributed by atoms with Gasteiger partial charge in [0.2, 0.25) is 0 Å². The van der Waals surface area contributed by atoms with Crippen molar-refractivity contribution in [2.24, 2.45) is 0 Å². The summed E-state index contributed by atoms with van der Waals surface area (Å²) in [5.41, 5.74) is 0. The van der Waals surface area contributed by atoms with Crippen molar-refractivity contribution >= 4 is 12.6 Å². The van der Waals surface area contributed by atoms with E-state index in [1.807, 2.05) is 30.3 Å². The minimum atomic E-state index is -2.00. The van der Waals surface area contributed by atoms with Crippen LogP contribution in [0.2, 0.25) is 0 Å². The molecule has 0 heterocycles. The topological polar surface area (TPSA) is 34.1 Å². The number of thiol groups is 1. The monoisotopic (exact) mass is 190 g/mol. The van der Waals surface area contributed by atoms with Gasteiger partial charge in [-0.1, -0.05) is 18.2 Å². The van der Waals surface area contributed by atoms with Gasteiger partial charge in [-0.15, -0.1) is 12.6 Å². The average Bonchev–Trinajstić information content (AvgIpc) is 1.91. The van der Waals surface area contributed by atoms with E-state index >= 15 is 0 Å².